The number of rotatable bonds is 47. The SMILES string of the molecule is CCCCCC/C=C\CCCCCCCCCC(=O)OC[C@H](COC(=O)CCCCCCCCCCCCCCC)OC(=O)CCCCCCCCCCCCCC. The van der Waals surface area contributed by atoms with Gasteiger partial charge in [0.15, 0.2) is 6.10 Å². The van der Waals surface area contributed by atoms with Gasteiger partial charge in [0.2, 0.25) is 0 Å². The van der Waals surface area contributed by atoms with E-state index in [-0.39, 0.29) is 31.1 Å². The third kappa shape index (κ3) is 45.2. The molecule has 0 spiro atoms. The lowest BCUT2D eigenvalue weighted by Gasteiger charge is -2.18. The van der Waals surface area contributed by atoms with Crippen molar-refractivity contribution < 1.29 is 28.6 Å². The molecule has 0 rings (SSSR count). The Bertz CT molecular complexity index is 900. The molecule has 1 atom stereocenters. The van der Waals surface area contributed by atoms with Crippen molar-refractivity contribution in [3.63, 3.8) is 0 Å². The Balaban J connectivity index is 4.32. The molecule has 342 valence electrons. The second-order valence-electron chi connectivity index (χ2n) is 17.4. The molecule has 0 amide bonds. The maximum Gasteiger partial charge on any atom is 0.306 e. The number of carbonyl (C=O) groups excluding carboxylic acids is 3. The molecule has 0 radical (unpaired) electrons. The number of allylic oxidation sites excluding steroid dienone is 2. The van der Waals surface area contributed by atoms with Crippen LogP contribution in [0.15, 0.2) is 12.2 Å². The van der Waals surface area contributed by atoms with Crippen LogP contribution in [-0.4, -0.2) is 37.2 Å². The van der Waals surface area contributed by atoms with Crippen molar-refractivity contribution in [2.45, 2.75) is 290 Å². The van der Waals surface area contributed by atoms with Crippen molar-refractivity contribution in [1.29, 1.82) is 0 Å². The van der Waals surface area contributed by atoms with Crippen LogP contribution in [0.3, 0.4) is 0 Å². The molecular formula is C52H98O6. The average molecular weight is 819 g/mol. The predicted molar refractivity (Wildman–Crippen MR) is 247 cm³/mol. The molecule has 0 aromatic heterocycles. The first-order valence-corrected chi connectivity index (χ1v) is 25.7. The van der Waals surface area contributed by atoms with Crippen LogP contribution < -0.4 is 0 Å². The van der Waals surface area contributed by atoms with Crippen LogP contribution in [0.4, 0.5) is 0 Å². The Hall–Kier alpha value is -1.85. The predicted octanol–water partition coefficient (Wildman–Crippen LogP) is 16.6. The zero-order valence-corrected chi connectivity index (χ0v) is 39.1. The van der Waals surface area contributed by atoms with E-state index >= 15 is 0 Å². The van der Waals surface area contributed by atoms with Gasteiger partial charge in [0.25, 0.3) is 0 Å². The van der Waals surface area contributed by atoms with Crippen molar-refractivity contribution in [2.75, 3.05) is 13.2 Å². The van der Waals surface area contributed by atoms with Crippen LogP contribution in [0.1, 0.15) is 284 Å². The van der Waals surface area contributed by atoms with Gasteiger partial charge in [-0.15, -0.1) is 0 Å². The molecule has 0 aliphatic carbocycles. The van der Waals surface area contributed by atoms with Gasteiger partial charge >= 0.3 is 17.9 Å². The number of carbonyl (C=O) groups is 3. The second kappa shape index (κ2) is 47.8. The summed E-state index contributed by atoms with van der Waals surface area (Å²) in [5, 5.41) is 0. The monoisotopic (exact) mass is 819 g/mol. The fourth-order valence-electron chi connectivity index (χ4n) is 7.61. The third-order valence-electron chi connectivity index (χ3n) is 11.5. The largest absolute Gasteiger partial charge is 0.462 e. The molecule has 0 unspecified atom stereocenters. The highest BCUT2D eigenvalue weighted by atomic mass is 16.6. The van der Waals surface area contributed by atoms with E-state index in [0.717, 1.165) is 57.8 Å². The van der Waals surface area contributed by atoms with Crippen molar-refractivity contribution in [3.8, 4) is 0 Å². The summed E-state index contributed by atoms with van der Waals surface area (Å²) in [6, 6.07) is 0. The zero-order chi connectivity index (χ0) is 42.3. The summed E-state index contributed by atoms with van der Waals surface area (Å²) in [4.78, 5) is 37.9. The molecular weight excluding hydrogens is 721 g/mol. The van der Waals surface area contributed by atoms with E-state index < -0.39 is 6.10 Å². The lowest BCUT2D eigenvalue weighted by Crippen LogP contribution is -2.30. The third-order valence-corrected chi connectivity index (χ3v) is 11.5. The lowest BCUT2D eigenvalue weighted by molar-refractivity contribution is -0.167. The summed E-state index contributed by atoms with van der Waals surface area (Å²) in [5.74, 6) is -0.855. The summed E-state index contributed by atoms with van der Waals surface area (Å²) in [5.41, 5.74) is 0. The fourth-order valence-corrected chi connectivity index (χ4v) is 7.61. The number of unbranched alkanes of at least 4 members (excludes halogenated alkanes) is 34. The van der Waals surface area contributed by atoms with E-state index in [1.54, 1.807) is 0 Å². The number of hydrogen-bond donors (Lipinski definition) is 0. The van der Waals surface area contributed by atoms with Crippen molar-refractivity contribution in [1.82, 2.24) is 0 Å². The van der Waals surface area contributed by atoms with Gasteiger partial charge in [-0.25, -0.2) is 0 Å². The smallest absolute Gasteiger partial charge is 0.306 e. The number of esters is 3. The van der Waals surface area contributed by atoms with Crippen LogP contribution in [0.25, 0.3) is 0 Å². The van der Waals surface area contributed by atoms with Crippen LogP contribution in [-0.2, 0) is 28.6 Å². The van der Waals surface area contributed by atoms with Gasteiger partial charge in [0.1, 0.15) is 13.2 Å². The number of ether oxygens (including phenoxy) is 3. The normalized spacial score (nSPS) is 12.0. The van der Waals surface area contributed by atoms with Crippen LogP contribution in [0.2, 0.25) is 0 Å². The standard InChI is InChI=1S/C52H98O6/c1-4-7-10-13-16-19-22-25-26-28-31-33-36-39-42-45-51(54)57-48-49(58-52(55)46-43-40-37-34-29-24-21-18-15-12-9-6-3)47-56-50(53)44-41-38-35-32-30-27-23-20-17-14-11-8-5-2/h19,22,49H,4-18,20-21,23-48H2,1-3H3/b22-19-/t49-/m0/s1. The summed E-state index contributed by atoms with van der Waals surface area (Å²) in [7, 11) is 0. The van der Waals surface area contributed by atoms with E-state index in [0.29, 0.717) is 19.3 Å². The molecule has 0 aromatic carbocycles. The Morgan fingerprint density at radius 1 is 0.328 bits per heavy atom. The van der Waals surface area contributed by atoms with Crippen LogP contribution in [0.5, 0.6) is 0 Å². The van der Waals surface area contributed by atoms with Gasteiger partial charge < -0.3 is 14.2 Å². The Labute approximate surface area is 360 Å². The maximum atomic E-state index is 12.8. The van der Waals surface area contributed by atoms with Gasteiger partial charge in [-0.2, -0.15) is 0 Å². The van der Waals surface area contributed by atoms with Gasteiger partial charge in [0, 0.05) is 19.3 Å². The minimum absolute atomic E-state index is 0.0660. The highest BCUT2D eigenvalue weighted by Gasteiger charge is 2.19. The number of hydrogen-bond acceptors (Lipinski definition) is 6. The van der Waals surface area contributed by atoms with Crippen molar-refractivity contribution in [2.24, 2.45) is 0 Å². The topological polar surface area (TPSA) is 78.9 Å². The Morgan fingerprint density at radius 2 is 0.569 bits per heavy atom. The van der Waals surface area contributed by atoms with Gasteiger partial charge in [-0.1, -0.05) is 232 Å². The zero-order valence-electron chi connectivity index (χ0n) is 39.1. The molecule has 0 saturated carbocycles. The molecule has 0 aliphatic heterocycles. The van der Waals surface area contributed by atoms with Gasteiger partial charge in [-0.05, 0) is 44.9 Å². The summed E-state index contributed by atoms with van der Waals surface area (Å²) >= 11 is 0. The highest BCUT2D eigenvalue weighted by Crippen LogP contribution is 2.16. The minimum Gasteiger partial charge on any atom is -0.462 e. The van der Waals surface area contributed by atoms with Gasteiger partial charge in [-0.3, -0.25) is 14.4 Å². The Kier molecular flexibility index (Phi) is 46.3. The molecule has 0 N–H and O–H groups in total. The van der Waals surface area contributed by atoms with Crippen LogP contribution >= 0.6 is 0 Å². The molecule has 0 heterocycles. The van der Waals surface area contributed by atoms with Crippen molar-refractivity contribution in [3.05, 3.63) is 12.2 Å². The van der Waals surface area contributed by atoms with E-state index in [2.05, 4.69) is 32.9 Å². The summed E-state index contributed by atoms with van der Waals surface area (Å²) in [6.07, 6.45) is 51.9. The first-order valence-electron chi connectivity index (χ1n) is 25.7. The highest BCUT2D eigenvalue weighted by molar-refractivity contribution is 5.71. The Morgan fingerprint density at radius 3 is 0.879 bits per heavy atom. The molecule has 0 bridgehead atoms. The van der Waals surface area contributed by atoms with E-state index in [4.69, 9.17) is 14.2 Å². The van der Waals surface area contributed by atoms with E-state index in [1.807, 2.05) is 0 Å². The average Bonchev–Trinajstić information content (AvgIpc) is 3.22. The molecule has 6 nitrogen and oxygen atoms in total. The maximum absolute atomic E-state index is 12.8. The second-order valence-corrected chi connectivity index (χ2v) is 17.4. The molecule has 58 heavy (non-hydrogen) atoms. The summed E-state index contributed by atoms with van der Waals surface area (Å²) < 4.78 is 16.8. The van der Waals surface area contributed by atoms with Gasteiger partial charge in [0.05, 0.1) is 0 Å². The lowest BCUT2D eigenvalue weighted by atomic mass is 10.0. The quantitative estimate of drug-likeness (QED) is 0.0263. The first kappa shape index (κ1) is 56.1. The first-order chi connectivity index (χ1) is 28.5. The molecule has 0 fully saturated rings. The van der Waals surface area contributed by atoms with E-state index in [9.17, 15) is 14.4 Å². The van der Waals surface area contributed by atoms with E-state index in [1.165, 1.54) is 186 Å². The van der Waals surface area contributed by atoms with Crippen LogP contribution in [0, 0.1) is 0 Å². The molecule has 6 heteroatoms. The minimum atomic E-state index is -0.764. The van der Waals surface area contributed by atoms with Crippen molar-refractivity contribution >= 4 is 17.9 Å². The summed E-state index contributed by atoms with van der Waals surface area (Å²) in [6.45, 7) is 6.65. The molecule has 0 aromatic rings. The molecule has 0 aliphatic rings. The fraction of sp³-hybridized carbons (Fsp3) is 0.904. The molecule has 0 saturated heterocycles.